The number of hydrogen-bond acceptors (Lipinski definition) is 4. The van der Waals surface area contributed by atoms with E-state index in [1.54, 1.807) is 24.3 Å². The van der Waals surface area contributed by atoms with Gasteiger partial charge in [0.1, 0.15) is 0 Å². The van der Waals surface area contributed by atoms with Crippen LogP contribution in [0.5, 0.6) is 0 Å². The van der Waals surface area contributed by atoms with Gasteiger partial charge in [-0.05, 0) is 48.6 Å². The molecule has 0 aromatic heterocycles. The van der Waals surface area contributed by atoms with Gasteiger partial charge < -0.3 is 10.2 Å². The Bertz CT molecular complexity index is 725. The number of halogens is 2. The summed E-state index contributed by atoms with van der Waals surface area (Å²) in [6, 6.07) is 14.6. The predicted molar refractivity (Wildman–Crippen MR) is 101 cm³/mol. The monoisotopic (exact) mass is 380 g/mol. The number of anilines is 2. The lowest BCUT2D eigenvalue weighted by Gasteiger charge is -2.23. The number of fused-ring (bicyclic) bond motifs is 1. The maximum atomic E-state index is 12.4. The molecule has 2 aromatic carbocycles. The summed E-state index contributed by atoms with van der Waals surface area (Å²) in [6.07, 6.45) is 1.02. The maximum Gasteiger partial charge on any atom is 0.288 e. The molecule has 1 aliphatic rings. The van der Waals surface area contributed by atoms with Gasteiger partial charge in [0, 0.05) is 22.0 Å². The molecule has 0 spiro atoms. The SMILES string of the molecule is O=C(CN1CCCSc2ccccc21)Nc1ccc(SC(F)F)cc1. The highest BCUT2D eigenvalue weighted by molar-refractivity contribution is 7.99. The fraction of sp³-hybridized carbons (Fsp3) is 0.278. The second kappa shape index (κ2) is 8.58. The van der Waals surface area contributed by atoms with Crippen molar-refractivity contribution < 1.29 is 13.6 Å². The van der Waals surface area contributed by atoms with Gasteiger partial charge in [0.15, 0.2) is 0 Å². The first-order chi connectivity index (χ1) is 12.1. The Morgan fingerprint density at radius 2 is 1.96 bits per heavy atom. The van der Waals surface area contributed by atoms with Crippen LogP contribution < -0.4 is 10.2 Å². The highest BCUT2D eigenvalue weighted by atomic mass is 32.2. The Balaban J connectivity index is 1.62. The third-order valence-corrected chi connectivity index (χ3v) is 5.61. The summed E-state index contributed by atoms with van der Waals surface area (Å²) in [7, 11) is 0. The third kappa shape index (κ3) is 5.12. The van der Waals surface area contributed by atoms with Crippen molar-refractivity contribution in [3.05, 3.63) is 48.5 Å². The van der Waals surface area contributed by atoms with Crippen molar-refractivity contribution in [2.75, 3.05) is 29.1 Å². The normalized spacial score (nSPS) is 14.1. The van der Waals surface area contributed by atoms with Crippen molar-refractivity contribution >= 4 is 40.8 Å². The molecule has 0 saturated heterocycles. The molecule has 3 rings (SSSR count). The van der Waals surface area contributed by atoms with E-state index in [-0.39, 0.29) is 12.5 Å². The van der Waals surface area contributed by atoms with Crippen molar-refractivity contribution in [3.63, 3.8) is 0 Å². The summed E-state index contributed by atoms with van der Waals surface area (Å²) < 4.78 is 24.7. The van der Waals surface area contributed by atoms with Crippen LogP contribution >= 0.6 is 23.5 Å². The fourth-order valence-corrected chi connectivity index (χ4v) is 4.17. The van der Waals surface area contributed by atoms with Crippen LogP contribution in [0, 0.1) is 0 Å². The molecule has 2 aromatic rings. The van der Waals surface area contributed by atoms with E-state index in [9.17, 15) is 13.6 Å². The molecule has 1 aliphatic heterocycles. The number of nitrogens with zero attached hydrogens (tertiary/aromatic N) is 1. The van der Waals surface area contributed by atoms with Crippen LogP contribution in [-0.4, -0.2) is 30.5 Å². The zero-order valence-corrected chi connectivity index (χ0v) is 15.1. The van der Waals surface area contributed by atoms with Gasteiger partial charge in [-0.15, -0.1) is 11.8 Å². The van der Waals surface area contributed by atoms with Gasteiger partial charge >= 0.3 is 0 Å². The van der Waals surface area contributed by atoms with Gasteiger partial charge in [-0.3, -0.25) is 4.79 Å². The molecule has 0 unspecified atom stereocenters. The Morgan fingerprint density at radius 3 is 2.72 bits per heavy atom. The Kier molecular flexibility index (Phi) is 6.20. The second-order valence-electron chi connectivity index (χ2n) is 5.54. The van der Waals surface area contributed by atoms with E-state index in [0.29, 0.717) is 22.3 Å². The number of nitrogens with one attached hydrogen (secondary N) is 1. The quantitative estimate of drug-likeness (QED) is 0.745. The predicted octanol–water partition coefficient (Wildman–Crippen LogP) is 4.94. The molecule has 7 heteroatoms. The van der Waals surface area contributed by atoms with Crippen LogP contribution in [0.25, 0.3) is 0 Å². The number of para-hydroxylation sites is 1. The van der Waals surface area contributed by atoms with Crippen molar-refractivity contribution in [3.8, 4) is 0 Å². The number of carbonyl (C=O) groups excluding carboxylic acids is 1. The van der Waals surface area contributed by atoms with Crippen LogP contribution in [0.15, 0.2) is 58.3 Å². The van der Waals surface area contributed by atoms with E-state index in [1.807, 2.05) is 30.0 Å². The summed E-state index contributed by atoms with van der Waals surface area (Å²) in [6.45, 7) is 1.10. The van der Waals surface area contributed by atoms with Gasteiger partial charge in [0.25, 0.3) is 5.76 Å². The van der Waals surface area contributed by atoms with Crippen molar-refractivity contribution in [1.29, 1.82) is 0 Å². The van der Waals surface area contributed by atoms with Crippen LogP contribution in [0.1, 0.15) is 6.42 Å². The van der Waals surface area contributed by atoms with E-state index in [4.69, 9.17) is 0 Å². The van der Waals surface area contributed by atoms with Crippen LogP contribution in [0.4, 0.5) is 20.2 Å². The minimum Gasteiger partial charge on any atom is -0.361 e. The summed E-state index contributed by atoms with van der Waals surface area (Å²) in [5.41, 5.74) is 1.70. The first kappa shape index (κ1) is 18.1. The molecule has 25 heavy (non-hydrogen) atoms. The minimum absolute atomic E-state index is 0.115. The second-order valence-corrected chi connectivity index (χ2v) is 7.74. The van der Waals surface area contributed by atoms with E-state index < -0.39 is 5.76 Å². The lowest BCUT2D eigenvalue weighted by Crippen LogP contribution is -2.34. The highest BCUT2D eigenvalue weighted by Gasteiger charge is 2.18. The molecule has 0 bridgehead atoms. The third-order valence-electron chi connectivity index (χ3n) is 3.73. The maximum absolute atomic E-state index is 12.4. The number of benzene rings is 2. The Labute approximate surface area is 154 Å². The van der Waals surface area contributed by atoms with Gasteiger partial charge in [-0.1, -0.05) is 23.9 Å². The van der Waals surface area contributed by atoms with Crippen molar-refractivity contribution in [1.82, 2.24) is 0 Å². The lowest BCUT2D eigenvalue weighted by atomic mass is 10.2. The van der Waals surface area contributed by atoms with Crippen LogP contribution in [0.3, 0.4) is 0 Å². The molecule has 3 nitrogen and oxygen atoms in total. The Morgan fingerprint density at radius 1 is 1.20 bits per heavy atom. The standard InChI is InChI=1S/C18H18F2N2OS2/c19-18(20)25-14-8-6-13(7-9-14)21-17(23)12-22-10-3-11-24-16-5-2-1-4-15(16)22/h1-2,4-9,18H,3,10-12H2,(H,21,23). The van der Waals surface area contributed by atoms with Gasteiger partial charge in [-0.25, -0.2) is 0 Å². The summed E-state index contributed by atoms with van der Waals surface area (Å²) >= 11 is 2.31. The number of hydrogen-bond donors (Lipinski definition) is 1. The zero-order chi connectivity index (χ0) is 17.6. The first-order valence-electron chi connectivity index (χ1n) is 7.93. The van der Waals surface area contributed by atoms with Crippen LogP contribution in [-0.2, 0) is 4.79 Å². The first-order valence-corrected chi connectivity index (χ1v) is 9.80. The molecule has 1 N–H and O–H groups in total. The van der Waals surface area contributed by atoms with Crippen LogP contribution in [0.2, 0.25) is 0 Å². The molecule has 0 aliphatic carbocycles. The van der Waals surface area contributed by atoms with Crippen molar-refractivity contribution in [2.24, 2.45) is 0 Å². The number of amides is 1. The molecular formula is C18H18F2N2OS2. The smallest absolute Gasteiger partial charge is 0.288 e. The zero-order valence-electron chi connectivity index (χ0n) is 13.5. The summed E-state index contributed by atoms with van der Waals surface area (Å²) in [5.74, 6) is -1.52. The van der Waals surface area contributed by atoms with Gasteiger partial charge in [0.2, 0.25) is 5.91 Å². The number of carbonyl (C=O) groups is 1. The molecule has 0 atom stereocenters. The van der Waals surface area contributed by atoms with E-state index in [0.717, 1.165) is 24.4 Å². The molecular weight excluding hydrogens is 362 g/mol. The number of alkyl halides is 2. The Hall–Kier alpha value is -1.73. The minimum atomic E-state index is -2.44. The average Bonchev–Trinajstić information content (AvgIpc) is 2.79. The van der Waals surface area contributed by atoms with Crippen molar-refractivity contribution in [2.45, 2.75) is 22.0 Å². The van der Waals surface area contributed by atoms with E-state index in [2.05, 4.69) is 16.3 Å². The van der Waals surface area contributed by atoms with Gasteiger partial charge in [-0.2, -0.15) is 8.78 Å². The van der Waals surface area contributed by atoms with E-state index in [1.165, 1.54) is 4.90 Å². The molecule has 132 valence electrons. The number of thioether (sulfide) groups is 2. The topological polar surface area (TPSA) is 32.3 Å². The number of rotatable bonds is 5. The van der Waals surface area contributed by atoms with E-state index >= 15 is 0 Å². The molecule has 1 amide bonds. The lowest BCUT2D eigenvalue weighted by molar-refractivity contribution is -0.115. The summed E-state index contributed by atoms with van der Waals surface area (Å²) in [5, 5.41) is 2.84. The largest absolute Gasteiger partial charge is 0.361 e. The van der Waals surface area contributed by atoms with Gasteiger partial charge in [0.05, 0.1) is 12.2 Å². The summed E-state index contributed by atoms with van der Waals surface area (Å²) in [4.78, 5) is 16.1. The fourth-order valence-electron chi connectivity index (χ4n) is 2.66. The highest BCUT2D eigenvalue weighted by Crippen LogP contribution is 2.33. The molecule has 0 saturated carbocycles. The molecule has 1 heterocycles. The molecule has 0 radical (unpaired) electrons. The average molecular weight is 380 g/mol. The molecule has 0 fully saturated rings.